The zero-order chi connectivity index (χ0) is 12.1. The summed E-state index contributed by atoms with van der Waals surface area (Å²) in [5.41, 5.74) is 0.880. The summed E-state index contributed by atoms with van der Waals surface area (Å²) in [7, 11) is 0. The largest absolute Gasteiger partial charge is 0.387 e. The molecule has 2 rings (SSSR count). The van der Waals surface area contributed by atoms with Crippen LogP contribution in [0.4, 0.5) is 5.82 Å². The minimum Gasteiger partial charge on any atom is -0.387 e. The standard InChI is InChI=1S/C12H12BrN3O/c13-10-6-14-8-16-12(10)15-7-11(17)9-4-2-1-3-5-9/h1-6,8,11,17H,7H2,(H,14,15,16). The van der Waals surface area contributed by atoms with Gasteiger partial charge in [0.1, 0.15) is 12.1 Å². The molecule has 1 aromatic heterocycles. The average Bonchev–Trinajstić information content (AvgIpc) is 2.38. The van der Waals surface area contributed by atoms with Crippen molar-refractivity contribution in [1.29, 1.82) is 0 Å². The first-order valence-electron chi connectivity index (χ1n) is 5.20. The summed E-state index contributed by atoms with van der Waals surface area (Å²) in [6, 6.07) is 9.51. The van der Waals surface area contributed by atoms with Crippen LogP contribution in [0.2, 0.25) is 0 Å². The Morgan fingerprint density at radius 3 is 2.76 bits per heavy atom. The molecule has 2 aromatic rings. The Labute approximate surface area is 108 Å². The first-order valence-corrected chi connectivity index (χ1v) is 5.99. The summed E-state index contributed by atoms with van der Waals surface area (Å²) in [5.74, 6) is 0.676. The molecule has 0 saturated carbocycles. The van der Waals surface area contributed by atoms with E-state index in [-0.39, 0.29) is 0 Å². The highest BCUT2D eigenvalue weighted by Crippen LogP contribution is 2.19. The first kappa shape index (κ1) is 12.0. The third kappa shape index (κ3) is 3.25. The van der Waals surface area contributed by atoms with Gasteiger partial charge in [-0.2, -0.15) is 0 Å². The number of aliphatic hydroxyl groups excluding tert-OH is 1. The predicted octanol–water partition coefficient (Wildman–Crippen LogP) is 2.38. The molecule has 0 spiro atoms. The molecule has 4 nitrogen and oxygen atoms in total. The van der Waals surface area contributed by atoms with Crippen molar-refractivity contribution < 1.29 is 5.11 Å². The lowest BCUT2D eigenvalue weighted by atomic mass is 10.1. The Balaban J connectivity index is 1.97. The van der Waals surface area contributed by atoms with Crippen molar-refractivity contribution in [2.24, 2.45) is 0 Å². The fraction of sp³-hybridized carbons (Fsp3) is 0.167. The fourth-order valence-corrected chi connectivity index (χ4v) is 1.79. The van der Waals surface area contributed by atoms with Gasteiger partial charge in [0.2, 0.25) is 0 Å². The monoisotopic (exact) mass is 293 g/mol. The minimum atomic E-state index is -0.557. The Morgan fingerprint density at radius 2 is 2.06 bits per heavy atom. The van der Waals surface area contributed by atoms with E-state index in [2.05, 4.69) is 31.2 Å². The Bertz CT molecular complexity index is 478. The van der Waals surface area contributed by atoms with Gasteiger partial charge in [0.15, 0.2) is 0 Å². The van der Waals surface area contributed by atoms with Gasteiger partial charge in [-0.3, -0.25) is 0 Å². The third-order valence-electron chi connectivity index (χ3n) is 2.31. The minimum absolute atomic E-state index is 0.402. The summed E-state index contributed by atoms with van der Waals surface area (Å²) in [6.07, 6.45) is 2.56. The average molecular weight is 294 g/mol. The van der Waals surface area contributed by atoms with Crippen LogP contribution in [0.25, 0.3) is 0 Å². The number of anilines is 1. The summed E-state index contributed by atoms with van der Waals surface area (Å²) in [4.78, 5) is 7.93. The summed E-state index contributed by atoms with van der Waals surface area (Å²) < 4.78 is 0.778. The lowest BCUT2D eigenvalue weighted by molar-refractivity contribution is 0.191. The highest BCUT2D eigenvalue weighted by Gasteiger charge is 2.07. The predicted molar refractivity (Wildman–Crippen MR) is 69.6 cm³/mol. The van der Waals surface area contributed by atoms with Gasteiger partial charge in [-0.15, -0.1) is 0 Å². The maximum Gasteiger partial charge on any atom is 0.143 e. The molecule has 88 valence electrons. The fourth-order valence-electron chi connectivity index (χ4n) is 1.43. The van der Waals surface area contributed by atoms with Crippen molar-refractivity contribution in [3.63, 3.8) is 0 Å². The highest BCUT2D eigenvalue weighted by atomic mass is 79.9. The van der Waals surface area contributed by atoms with Crippen molar-refractivity contribution >= 4 is 21.7 Å². The van der Waals surface area contributed by atoms with E-state index < -0.39 is 6.10 Å². The van der Waals surface area contributed by atoms with Crippen LogP contribution in [-0.4, -0.2) is 21.6 Å². The summed E-state index contributed by atoms with van der Waals surface area (Å²) in [5, 5.41) is 13.0. The Morgan fingerprint density at radius 1 is 1.29 bits per heavy atom. The van der Waals surface area contributed by atoms with Gasteiger partial charge in [-0.25, -0.2) is 9.97 Å². The molecule has 0 aliphatic carbocycles. The van der Waals surface area contributed by atoms with E-state index >= 15 is 0 Å². The van der Waals surface area contributed by atoms with Crippen molar-refractivity contribution in [3.05, 3.63) is 52.9 Å². The summed E-state index contributed by atoms with van der Waals surface area (Å²) in [6.45, 7) is 0.402. The second-order valence-electron chi connectivity index (χ2n) is 3.53. The van der Waals surface area contributed by atoms with Gasteiger partial charge in [0, 0.05) is 12.7 Å². The number of hydrogen-bond acceptors (Lipinski definition) is 4. The molecule has 17 heavy (non-hydrogen) atoms. The molecule has 0 amide bonds. The lowest BCUT2D eigenvalue weighted by Gasteiger charge is -2.12. The molecule has 0 radical (unpaired) electrons. The maximum absolute atomic E-state index is 9.95. The molecule has 5 heteroatoms. The number of halogens is 1. The highest BCUT2D eigenvalue weighted by molar-refractivity contribution is 9.10. The van der Waals surface area contributed by atoms with Crippen molar-refractivity contribution in [1.82, 2.24) is 9.97 Å². The molecule has 0 aliphatic rings. The third-order valence-corrected chi connectivity index (χ3v) is 2.90. The Hall–Kier alpha value is -1.46. The van der Waals surface area contributed by atoms with E-state index in [1.165, 1.54) is 6.33 Å². The van der Waals surface area contributed by atoms with E-state index in [4.69, 9.17) is 0 Å². The van der Waals surface area contributed by atoms with Gasteiger partial charge >= 0.3 is 0 Å². The molecule has 0 saturated heterocycles. The number of aromatic nitrogens is 2. The van der Waals surface area contributed by atoms with Crippen LogP contribution in [-0.2, 0) is 0 Å². The molecule has 0 fully saturated rings. The van der Waals surface area contributed by atoms with Crippen LogP contribution < -0.4 is 5.32 Å². The van der Waals surface area contributed by atoms with Crippen LogP contribution in [0.3, 0.4) is 0 Å². The number of aliphatic hydroxyl groups is 1. The van der Waals surface area contributed by atoms with Crippen LogP contribution in [0.5, 0.6) is 0 Å². The number of hydrogen-bond donors (Lipinski definition) is 2. The SMILES string of the molecule is OC(CNc1ncncc1Br)c1ccccc1. The Kier molecular flexibility index (Phi) is 4.06. The van der Waals surface area contributed by atoms with E-state index in [0.717, 1.165) is 10.0 Å². The number of nitrogens with one attached hydrogen (secondary N) is 1. The molecule has 1 aromatic carbocycles. The normalized spacial score (nSPS) is 12.1. The number of rotatable bonds is 4. The molecule has 1 atom stereocenters. The van der Waals surface area contributed by atoms with E-state index in [1.54, 1.807) is 6.20 Å². The van der Waals surface area contributed by atoms with Crippen molar-refractivity contribution in [3.8, 4) is 0 Å². The van der Waals surface area contributed by atoms with Crippen LogP contribution in [0.15, 0.2) is 47.3 Å². The molecule has 1 heterocycles. The van der Waals surface area contributed by atoms with Gasteiger partial charge < -0.3 is 10.4 Å². The zero-order valence-corrected chi connectivity index (χ0v) is 10.6. The van der Waals surface area contributed by atoms with Gasteiger partial charge in [0.05, 0.1) is 10.6 Å². The second kappa shape index (κ2) is 5.75. The molecular weight excluding hydrogens is 282 g/mol. The molecule has 0 bridgehead atoms. The first-order chi connectivity index (χ1) is 8.27. The maximum atomic E-state index is 9.95. The van der Waals surface area contributed by atoms with E-state index in [0.29, 0.717) is 12.4 Å². The van der Waals surface area contributed by atoms with Gasteiger partial charge in [0.25, 0.3) is 0 Å². The molecular formula is C12H12BrN3O. The lowest BCUT2D eigenvalue weighted by Crippen LogP contribution is -2.13. The van der Waals surface area contributed by atoms with Gasteiger partial charge in [-0.05, 0) is 21.5 Å². The van der Waals surface area contributed by atoms with E-state index in [9.17, 15) is 5.11 Å². The van der Waals surface area contributed by atoms with Crippen molar-refractivity contribution in [2.45, 2.75) is 6.10 Å². The number of nitrogens with zero attached hydrogens (tertiary/aromatic N) is 2. The number of benzene rings is 1. The van der Waals surface area contributed by atoms with Crippen LogP contribution in [0.1, 0.15) is 11.7 Å². The second-order valence-corrected chi connectivity index (χ2v) is 4.38. The van der Waals surface area contributed by atoms with E-state index in [1.807, 2.05) is 30.3 Å². The van der Waals surface area contributed by atoms with Crippen LogP contribution >= 0.6 is 15.9 Å². The molecule has 1 unspecified atom stereocenters. The molecule has 2 N–H and O–H groups in total. The van der Waals surface area contributed by atoms with Crippen LogP contribution in [0, 0.1) is 0 Å². The molecule has 0 aliphatic heterocycles. The van der Waals surface area contributed by atoms with Gasteiger partial charge in [-0.1, -0.05) is 30.3 Å². The zero-order valence-electron chi connectivity index (χ0n) is 9.05. The smallest absolute Gasteiger partial charge is 0.143 e. The van der Waals surface area contributed by atoms with Crippen molar-refractivity contribution in [2.75, 3.05) is 11.9 Å². The summed E-state index contributed by atoms with van der Waals surface area (Å²) >= 11 is 3.33. The topological polar surface area (TPSA) is 58.0 Å². The quantitative estimate of drug-likeness (QED) is 0.909.